The van der Waals surface area contributed by atoms with Gasteiger partial charge in [-0.15, -0.1) is 0 Å². The average molecular weight is 483 g/mol. The summed E-state index contributed by atoms with van der Waals surface area (Å²) in [5, 5.41) is 14.8. The van der Waals surface area contributed by atoms with Crippen molar-refractivity contribution in [1.29, 1.82) is 0 Å². The first kappa shape index (κ1) is 23.3. The molecule has 5 rings (SSSR count). The maximum absolute atomic E-state index is 14.6. The van der Waals surface area contributed by atoms with Crippen LogP contribution in [0.2, 0.25) is 0 Å². The van der Waals surface area contributed by atoms with Crippen molar-refractivity contribution in [3.8, 4) is 16.9 Å². The van der Waals surface area contributed by atoms with Crippen molar-refractivity contribution in [1.82, 2.24) is 24.5 Å². The van der Waals surface area contributed by atoms with Crippen LogP contribution < -0.4 is 4.74 Å². The summed E-state index contributed by atoms with van der Waals surface area (Å²) in [6.07, 6.45) is 5.28. The lowest BCUT2D eigenvalue weighted by molar-refractivity contribution is -0.0528. The minimum absolute atomic E-state index is 0.194. The second kappa shape index (κ2) is 8.62. The Morgan fingerprint density at radius 1 is 1.06 bits per heavy atom. The van der Waals surface area contributed by atoms with Gasteiger partial charge in [0, 0.05) is 54.8 Å². The first-order valence-corrected chi connectivity index (χ1v) is 11.1. The third kappa shape index (κ3) is 4.46. The molecule has 4 aromatic rings. The van der Waals surface area contributed by atoms with Gasteiger partial charge >= 0.3 is 6.61 Å². The summed E-state index contributed by atoms with van der Waals surface area (Å²) in [6.45, 7) is 1.07. The van der Waals surface area contributed by atoms with Crippen LogP contribution >= 0.6 is 0 Å². The molecule has 35 heavy (non-hydrogen) atoms. The molecule has 182 valence electrons. The summed E-state index contributed by atoms with van der Waals surface area (Å²) in [4.78, 5) is 10.6. The van der Waals surface area contributed by atoms with E-state index >= 15 is 0 Å². The second-order valence-corrected chi connectivity index (χ2v) is 9.27. The van der Waals surface area contributed by atoms with Crippen molar-refractivity contribution < 1.29 is 23.0 Å². The Kier molecular flexibility index (Phi) is 5.72. The second-order valence-electron chi connectivity index (χ2n) is 9.27. The fourth-order valence-electron chi connectivity index (χ4n) is 4.41. The van der Waals surface area contributed by atoms with E-state index in [-0.39, 0.29) is 6.42 Å². The predicted molar refractivity (Wildman–Crippen MR) is 122 cm³/mol. The Balaban J connectivity index is 1.63. The van der Waals surface area contributed by atoms with Crippen LogP contribution in [0.25, 0.3) is 16.6 Å². The SMILES string of the molecule is CN1Cc2ccc(F)c(OC(F)F)c2Cc2c(nn3ccc(-c4cnc(C(C)(C)O)nc4)cc23)C1. The van der Waals surface area contributed by atoms with Crippen LogP contribution in [0.1, 0.15) is 42.1 Å². The molecule has 0 fully saturated rings. The predicted octanol–water partition coefficient (Wildman–Crippen LogP) is 4.30. The number of ether oxygens (including phenoxy) is 1. The number of aliphatic hydroxyl groups is 1. The zero-order valence-electron chi connectivity index (χ0n) is 19.5. The number of nitrogens with zero attached hydrogens (tertiary/aromatic N) is 5. The van der Waals surface area contributed by atoms with Crippen LogP contribution in [-0.2, 0) is 25.1 Å². The number of aromatic nitrogens is 4. The van der Waals surface area contributed by atoms with Gasteiger partial charge in [0.05, 0.1) is 11.2 Å². The number of hydrogen-bond acceptors (Lipinski definition) is 6. The first-order valence-electron chi connectivity index (χ1n) is 11.1. The Morgan fingerprint density at radius 3 is 2.49 bits per heavy atom. The summed E-state index contributed by atoms with van der Waals surface area (Å²) >= 11 is 0. The number of rotatable bonds is 4. The Morgan fingerprint density at radius 2 is 1.80 bits per heavy atom. The number of pyridine rings is 1. The van der Waals surface area contributed by atoms with E-state index in [9.17, 15) is 18.3 Å². The van der Waals surface area contributed by atoms with Crippen molar-refractivity contribution in [2.45, 2.75) is 45.6 Å². The van der Waals surface area contributed by atoms with Gasteiger partial charge < -0.3 is 9.84 Å². The lowest BCUT2D eigenvalue weighted by Gasteiger charge is -2.23. The fourth-order valence-corrected chi connectivity index (χ4v) is 4.41. The molecule has 0 spiro atoms. The van der Waals surface area contributed by atoms with Gasteiger partial charge in [0.15, 0.2) is 17.4 Å². The van der Waals surface area contributed by atoms with E-state index in [1.807, 2.05) is 30.3 Å². The van der Waals surface area contributed by atoms with Gasteiger partial charge in [-0.3, -0.25) is 4.90 Å². The van der Waals surface area contributed by atoms with Gasteiger partial charge in [-0.1, -0.05) is 6.07 Å². The smallest absolute Gasteiger partial charge is 0.387 e. The largest absolute Gasteiger partial charge is 0.431 e. The number of benzene rings is 1. The lowest BCUT2D eigenvalue weighted by Crippen LogP contribution is -2.22. The van der Waals surface area contributed by atoms with Crippen molar-refractivity contribution in [2.24, 2.45) is 0 Å². The van der Waals surface area contributed by atoms with Crippen molar-refractivity contribution in [2.75, 3.05) is 7.05 Å². The van der Waals surface area contributed by atoms with Crippen molar-refractivity contribution in [3.05, 3.63) is 76.9 Å². The van der Waals surface area contributed by atoms with Crippen LogP contribution in [0.4, 0.5) is 13.2 Å². The van der Waals surface area contributed by atoms with Crippen LogP contribution in [0.5, 0.6) is 5.75 Å². The molecule has 10 heteroatoms. The van der Waals surface area contributed by atoms with Crippen LogP contribution in [0.3, 0.4) is 0 Å². The van der Waals surface area contributed by atoms with Gasteiger partial charge in [0.1, 0.15) is 5.60 Å². The first-order chi connectivity index (χ1) is 16.6. The van der Waals surface area contributed by atoms with E-state index in [0.29, 0.717) is 24.5 Å². The molecule has 0 bridgehead atoms. The molecule has 1 N–H and O–H groups in total. The van der Waals surface area contributed by atoms with Crippen LogP contribution in [-0.4, -0.2) is 43.2 Å². The normalized spacial score (nSPS) is 14.5. The third-order valence-electron chi connectivity index (χ3n) is 6.08. The molecule has 1 aromatic carbocycles. The Hall–Kier alpha value is -3.50. The maximum atomic E-state index is 14.6. The Bertz CT molecular complexity index is 1400. The highest BCUT2D eigenvalue weighted by Crippen LogP contribution is 2.35. The monoisotopic (exact) mass is 483 g/mol. The molecule has 3 aromatic heterocycles. The van der Waals surface area contributed by atoms with Gasteiger partial charge in [-0.05, 0) is 50.2 Å². The summed E-state index contributed by atoms with van der Waals surface area (Å²) < 4.78 is 47.1. The van der Waals surface area contributed by atoms with E-state index < -0.39 is 23.8 Å². The van der Waals surface area contributed by atoms with E-state index in [1.54, 1.807) is 36.8 Å². The quantitative estimate of drug-likeness (QED) is 0.467. The molecule has 0 aliphatic carbocycles. The molecule has 0 unspecified atom stereocenters. The molecule has 1 aliphatic heterocycles. The molecule has 0 radical (unpaired) electrons. The molecule has 0 saturated heterocycles. The standard InChI is InChI=1S/C25H24F3N5O2/c1-25(2,34)23-29-10-16(11-30-23)14-6-7-33-21(8-14)18-9-17-15(12-32(3)13-20(18)31-33)4-5-19(26)22(17)35-24(27)28/h4-8,10-11,24,34H,9,12-13H2,1-3H3. The molecular weight excluding hydrogens is 459 g/mol. The molecule has 0 amide bonds. The summed E-state index contributed by atoms with van der Waals surface area (Å²) in [7, 11) is 1.90. The average Bonchev–Trinajstić information content (AvgIpc) is 3.11. The van der Waals surface area contributed by atoms with Gasteiger partial charge in [0.2, 0.25) is 0 Å². The van der Waals surface area contributed by atoms with E-state index in [1.165, 1.54) is 6.07 Å². The number of fused-ring (bicyclic) bond motifs is 4. The van der Waals surface area contributed by atoms with Crippen LogP contribution in [0, 0.1) is 5.82 Å². The summed E-state index contributed by atoms with van der Waals surface area (Å²) in [5.41, 5.74) is 3.86. The molecule has 1 aliphatic rings. The highest BCUT2D eigenvalue weighted by Gasteiger charge is 2.26. The highest BCUT2D eigenvalue weighted by atomic mass is 19.3. The van der Waals surface area contributed by atoms with Gasteiger partial charge in [-0.2, -0.15) is 13.9 Å². The van der Waals surface area contributed by atoms with Crippen molar-refractivity contribution in [3.63, 3.8) is 0 Å². The molecule has 7 nitrogen and oxygen atoms in total. The number of halogens is 3. The third-order valence-corrected chi connectivity index (χ3v) is 6.08. The maximum Gasteiger partial charge on any atom is 0.387 e. The molecule has 4 heterocycles. The molecule has 0 saturated carbocycles. The van der Waals surface area contributed by atoms with E-state index in [2.05, 4.69) is 14.7 Å². The zero-order chi connectivity index (χ0) is 24.9. The minimum Gasteiger partial charge on any atom is -0.431 e. The molecular formula is C25H24F3N5O2. The zero-order valence-corrected chi connectivity index (χ0v) is 19.5. The van der Waals surface area contributed by atoms with E-state index in [0.717, 1.165) is 33.5 Å². The highest BCUT2D eigenvalue weighted by molar-refractivity contribution is 5.71. The number of hydrogen-bond donors (Lipinski definition) is 1. The fraction of sp³-hybridized carbons (Fsp3) is 0.320. The Labute approximate surface area is 199 Å². The number of alkyl halides is 2. The van der Waals surface area contributed by atoms with E-state index in [4.69, 9.17) is 5.10 Å². The minimum atomic E-state index is -3.14. The van der Waals surface area contributed by atoms with Crippen LogP contribution in [0.15, 0.2) is 42.9 Å². The summed E-state index contributed by atoms with van der Waals surface area (Å²) in [6, 6.07) is 6.57. The molecule has 0 atom stereocenters. The lowest BCUT2D eigenvalue weighted by atomic mass is 9.94. The topological polar surface area (TPSA) is 75.8 Å². The van der Waals surface area contributed by atoms with Gasteiger partial charge in [0.25, 0.3) is 0 Å². The van der Waals surface area contributed by atoms with Crippen molar-refractivity contribution >= 4 is 5.52 Å². The summed E-state index contributed by atoms with van der Waals surface area (Å²) in [5.74, 6) is -0.940. The van der Waals surface area contributed by atoms with Gasteiger partial charge in [-0.25, -0.2) is 18.9 Å².